The number of amides is 2. The number of anilines is 1. The van der Waals surface area contributed by atoms with E-state index in [2.05, 4.69) is 5.32 Å². The number of carbonyl (C=O) groups excluding carboxylic acids is 2. The summed E-state index contributed by atoms with van der Waals surface area (Å²) in [5.74, 6) is -0.347. The highest BCUT2D eigenvalue weighted by Gasteiger charge is 2.35. The van der Waals surface area contributed by atoms with Gasteiger partial charge in [-0.05, 0) is 68.5 Å². The molecule has 0 radical (unpaired) electrons. The Morgan fingerprint density at radius 2 is 1.70 bits per heavy atom. The van der Waals surface area contributed by atoms with Crippen LogP contribution in [0.3, 0.4) is 0 Å². The SMILES string of the molecule is CC[C@H](C(=O)NC1CCCCC1)N(CCc1ccccc1)C(=O)CN(c1ccc(OC)cc1)S(=O)(=O)c1ccc(C)c([N+](=O)[O-])c1. The van der Waals surface area contributed by atoms with E-state index in [-0.39, 0.29) is 34.8 Å². The zero-order valence-corrected chi connectivity index (χ0v) is 27.4. The number of rotatable bonds is 14. The number of nitrogens with zero attached hydrogens (tertiary/aromatic N) is 3. The summed E-state index contributed by atoms with van der Waals surface area (Å²) in [5, 5.41) is 14.8. The van der Waals surface area contributed by atoms with Crippen molar-refractivity contribution < 1.29 is 27.7 Å². The number of nitro benzene ring substituents is 1. The summed E-state index contributed by atoms with van der Waals surface area (Å²) in [6.45, 7) is 2.91. The smallest absolute Gasteiger partial charge is 0.273 e. The predicted octanol–water partition coefficient (Wildman–Crippen LogP) is 5.41. The number of nitrogens with one attached hydrogen (secondary N) is 1. The quantitative estimate of drug-likeness (QED) is 0.182. The Bertz CT molecular complexity index is 1610. The van der Waals surface area contributed by atoms with Gasteiger partial charge >= 0.3 is 0 Å². The molecule has 246 valence electrons. The van der Waals surface area contributed by atoms with E-state index in [4.69, 9.17) is 4.74 Å². The van der Waals surface area contributed by atoms with E-state index in [9.17, 15) is 28.1 Å². The van der Waals surface area contributed by atoms with Gasteiger partial charge in [-0.15, -0.1) is 0 Å². The molecule has 11 nitrogen and oxygen atoms in total. The van der Waals surface area contributed by atoms with Gasteiger partial charge in [-0.3, -0.25) is 24.0 Å². The summed E-state index contributed by atoms with van der Waals surface area (Å²) in [5.41, 5.74) is 1.09. The Morgan fingerprint density at radius 1 is 1.02 bits per heavy atom. The lowest BCUT2D eigenvalue weighted by molar-refractivity contribution is -0.385. The molecular weight excluding hydrogens is 608 g/mol. The zero-order chi connectivity index (χ0) is 33.3. The van der Waals surface area contributed by atoms with Gasteiger partial charge in [-0.2, -0.15) is 0 Å². The van der Waals surface area contributed by atoms with E-state index in [1.54, 1.807) is 12.1 Å². The number of methoxy groups -OCH3 is 1. The molecule has 0 saturated heterocycles. The minimum Gasteiger partial charge on any atom is -0.497 e. The molecule has 3 aromatic carbocycles. The van der Waals surface area contributed by atoms with Crippen LogP contribution < -0.4 is 14.4 Å². The highest BCUT2D eigenvalue weighted by atomic mass is 32.2. The van der Waals surface area contributed by atoms with Crippen molar-refractivity contribution >= 4 is 33.2 Å². The van der Waals surface area contributed by atoms with Crippen LogP contribution in [0, 0.1) is 17.0 Å². The lowest BCUT2D eigenvalue weighted by Crippen LogP contribution is -2.54. The van der Waals surface area contributed by atoms with Crippen molar-refractivity contribution in [2.24, 2.45) is 0 Å². The van der Waals surface area contributed by atoms with E-state index in [0.717, 1.165) is 48.0 Å². The summed E-state index contributed by atoms with van der Waals surface area (Å²) >= 11 is 0. The molecule has 0 bridgehead atoms. The van der Waals surface area contributed by atoms with Crippen LogP contribution in [0.5, 0.6) is 5.75 Å². The molecule has 1 aliphatic rings. The topological polar surface area (TPSA) is 139 Å². The van der Waals surface area contributed by atoms with Crippen LogP contribution >= 0.6 is 0 Å². The number of carbonyl (C=O) groups is 2. The van der Waals surface area contributed by atoms with Crippen LogP contribution in [0.4, 0.5) is 11.4 Å². The number of hydrogen-bond acceptors (Lipinski definition) is 7. The molecule has 46 heavy (non-hydrogen) atoms. The van der Waals surface area contributed by atoms with Crippen LogP contribution in [0.1, 0.15) is 56.6 Å². The highest BCUT2D eigenvalue weighted by Crippen LogP contribution is 2.29. The van der Waals surface area contributed by atoms with Gasteiger partial charge in [0.25, 0.3) is 15.7 Å². The first kappa shape index (κ1) is 34.4. The molecule has 4 rings (SSSR count). The summed E-state index contributed by atoms with van der Waals surface area (Å²) in [6.07, 6.45) is 5.75. The predicted molar refractivity (Wildman–Crippen MR) is 176 cm³/mol. The van der Waals surface area contributed by atoms with Gasteiger partial charge in [0.15, 0.2) is 0 Å². The van der Waals surface area contributed by atoms with Crippen molar-refractivity contribution in [3.8, 4) is 5.75 Å². The average molecular weight is 651 g/mol. The van der Waals surface area contributed by atoms with E-state index in [1.807, 2.05) is 37.3 Å². The molecule has 3 aromatic rings. The van der Waals surface area contributed by atoms with Crippen molar-refractivity contribution in [3.63, 3.8) is 0 Å². The third-order valence-corrected chi connectivity index (χ3v) is 10.2. The number of aryl methyl sites for hydroxylation is 1. The third kappa shape index (κ3) is 8.42. The molecule has 1 saturated carbocycles. The van der Waals surface area contributed by atoms with Gasteiger partial charge in [-0.25, -0.2) is 8.42 Å². The van der Waals surface area contributed by atoms with Gasteiger partial charge in [0.1, 0.15) is 18.3 Å². The molecule has 1 fully saturated rings. The third-order valence-electron chi connectivity index (χ3n) is 8.43. The number of nitro groups is 1. The summed E-state index contributed by atoms with van der Waals surface area (Å²) in [4.78, 5) is 40.1. The summed E-state index contributed by atoms with van der Waals surface area (Å²) in [7, 11) is -3.00. The fraction of sp³-hybridized carbons (Fsp3) is 0.412. The molecule has 1 N–H and O–H groups in total. The minimum absolute atomic E-state index is 0.0369. The van der Waals surface area contributed by atoms with Crippen molar-refractivity contribution in [2.45, 2.75) is 75.8 Å². The van der Waals surface area contributed by atoms with Crippen LogP contribution in [0.2, 0.25) is 0 Å². The molecule has 2 amide bonds. The number of sulfonamides is 1. The second-order valence-corrected chi connectivity index (χ2v) is 13.4. The van der Waals surface area contributed by atoms with Gasteiger partial charge in [-0.1, -0.05) is 62.6 Å². The number of hydrogen-bond donors (Lipinski definition) is 1. The van der Waals surface area contributed by atoms with Crippen molar-refractivity contribution in [2.75, 3.05) is 24.5 Å². The van der Waals surface area contributed by atoms with E-state index < -0.39 is 33.4 Å². The zero-order valence-electron chi connectivity index (χ0n) is 26.6. The molecule has 1 atom stereocenters. The lowest BCUT2D eigenvalue weighted by atomic mass is 9.95. The standard InChI is InChI=1S/C34H42N4O7S/c1-4-31(34(40)35-27-13-9-6-10-14-27)36(22-21-26-11-7-5-8-12-26)33(39)24-37(28-16-18-29(45-3)19-17-28)46(43,44)30-20-15-25(2)32(23-30)38(41)42/h5,7-8,11-12,15-20,23,27,31H,4,6,9-10,13-14,21-22,24H2,1-3H3,(H,35,40)/t31-/m1/s1. The van der Waals surface area contributed by atoms with Gasteiger partial charge < -0.3 is 15.0 Å². The highest BCUT2D eigenvalue weighted by molar-refractivity contribution is 7.92. The Balaban J connectivity index is 1.71. The maximum atomic E-state index is 14.3. The maximum absolute atomic E-state index is 14.3. The Kier molecular flexibility index (Phi) is 11.8. The normalized spacial score (nSPS) is 14.2. The molecule has 0 spiro atoms. The molecular formula is C34H42N4O7S. The summed E-state index contributed by atoms with van der Waals surface area (Å²) in [6, 6.07) is 18.6. The monoisotopic (exact) mass is 650 g/mol. The van der Waals surface area contributed by atoms with Gasteiger partial charge in [0.05, 0.1) is 22.6 Å². The Hall–Kier alpha value is -4.45. The Labute approximate surface area is 270 Å². The first-order valence-electron chi connectivity index (χ1n) is 15.6. The molecule has 0 unspecified atom stereocenters. The second-order valence-electron chi connectivity index (χ2n) is 11.5. The largest absolute Gasteiger partial charge is 0.497 e. The van der Waals surface area contributed by atoms with Gasteiger partial charge in [0, 0.05) is 24.2 Å². The Morgan fingerprint density at radius 3 is 2.30 bits per heavy atom. The first-order valence-corrected chi connectivity index (χ1v) is 17.0. The minimum atomic E-state index is -4.48. The average Bonchev–Trinajstić information content (AvgIpc) is 3.06. The van der Waals surface area contributed by atoms with Crippen LogP contribution in [0.25, 0.3) is 0 Å². The fourth-order valence-electron chi connectivity index (χ4n) is 5.79. The summed E-state index contributed by atoms with van der Waals surface area (Å²) < 4.78 is 34.5. The maximum Gasteiger partial charge on any atom is 0.273 e. The van der Waals surface area contributed by atoms with Gasteiger partial charge in [0.2, 0.25) is 11.8 Å². The van der Waals surface area contributed by atoms with Crippen LogP contribution in [0.15, 0.2) is 77.7 Å². The van der Waals surface area contributed by atoms with Crippen molar-refractivity contribution in [3.05, 3.63) is 94.0 Å². The van der Waals surface area contributed by atoms with Crippen molar-refractivity contribution in [1.82, 2.24) is 10.2 Å². The van der Waals surface area contributed by atoms with E-state index >= 15 is 0 Å². The van der Waals surface area contributed by atoms with Crippen LogP contribution in [-0.2, 0) is 26.0 Å². The van der Waals surface area contributed by atoms with Crippen LogP contribution in [-0.4, -0.2) is 62.3 Å². The molecule has 1 aliphatic carbocycles. The molecule has 0 aromatic heterocycles. The molecule has 12 heteroatoms. The second kappa shape index (κ2) is 15.7. The molecule has 0 aliphatic heterocycles. The van der Waals surface area contributed by atoms with E-state index in [1.165, 1.54) is 43.2 Å². The first-order chi connectivity index (χ1) is 22.0. The molecule has 0 heterocycles. The number of benzene rings is 3. The lowest BCUT2D eigenvalue weighted by Gasteiger charge is -2.34. The van der Waals surface area contributed by atoms with E-state index in [0.29, 0.717) is 24.2 Å². The number of ether oxygens (including phenoxy) is 1. The fourth-order valence-corrected chi connectivity index (χ4v) is 7.23. The van der Waals surface area contributed by atoms with Crippen molar-refractivity contribution in [1.29, 1.82) is 0 Å².